The van der Waals surface area contributed by atoms with Gasteiger partial charge in [-0.15, -0.1) is 0 Å². The summed E-state index contributed by atoms with van der Waals surface area (Å²) in [5, 5.41) is 4.65. The van der Waals surface area contributed by atoms with E-state index in [0.29, 0.717) is 5.92 Å². The summed E-state index contributed by atoms with van der Waals surface area (Å²) in [6.45, 7) is 3.70. The molecular formula is C16H21N3O. The number of aromatic nitrogens is 2. The van der Waals surface area contributed by atoms with Gasteiger partial charge in [0.1, 0.15) is 5.82 Å². The van der Waals surface area contributed by atoms with Crippen molar-refractivity contribution in [3.8, 4) is 11.1 Å². The number of nitrogen functional groups attached to an aromatic ring is 1. The third-order valence-electron chi connectivity index (χ3n) is 3.97. The monoisotopic (exact) mass is 271 g/mol. The van der Waals surface area contributed by atoms with Crippen molar-refractivity contribution in [2.45, 2.75) is 25.7 Å². The van der Waals surface area contributed by atoms with Crippen LogP contribution in [-0.4, -0.2) is 23.0 Å². The van der Waals surface area contributed by atoms with E-state index in [1.54, 1.807) is 4.68 Å². The maximum Gasteiger partial charge on any atom is 0.129 e. The molecule has 1 unspecified atom stereocenters. The van der Waals surface area contributed by atoms with Gasteiger partial charge in [-0.3, -0.25) is 4.68 Å². The molecule has 1 atom stereocenters. The molecule has 2 N–H and O–H groups in total. The maximum atomic E-state index is 6.25. The minimum absolute atomic E-state index is 0.350. The molecule has 0 saturated carbocycles. The molecule has 20 heavy (non-hydrogen) atoms. The smallest absolute Gasteiger partial charge is 0.129 e. The van der Waals surface area contributed by atoms with Crippen LogP contribution in [0.5, 0.6) is 0 Å². The Morgan fingerprint density at radius 2 is 2.25 bits per heavy atom. The molecule has 0 aliphatic carbocycles. The van der Waals surface area contributed by atoms with Gasteiger partial charge in [0.25, 0.3) is 0 Å². The van der Waals surface area contributed by atoms with Crippen LogP contribution in [0.2, 0.25) is 0 Å². The van der Waals surface area contributed by atoms with Crippen LogP contribution in [0.1, 0.15) is 30.0 Å². The summed E-state index contributed by atoms with van der Waals surface area (Å²) in [4.78, 5) is 0. The molecule has 1 fully saturated rings. The van der Waals surface area contributed by atoms with E-state index in [4.69, 9.17) is 10.5 Å². The Morgan fingerprint density at radius 1 is 1.40 bits per heavy atom. The molecule has 0 amide bonds. The molecule has 1 aliphatic rings. The minimum atomic E-state index is 0.350. The summed E-state index contributed by atoms with van der Waals surface area (Å²) >= 11 is 0. The number of hydrogen-bond donors (Lipinski definition) is 1. The number of anilines is 1. The summed E-state index contributed by atoms with van der Waals surface area (Å²) in [5.74, 6) is 1.08. The maximum absolute atomic E-state index is 6.25. The molecule has 4 heteroatoms. The van der Waals surface area contributed by atoms with Crippen LogP contribution in [0.15, 0.2) is 24.3 Å². The Morgan fingerprint density at radius 3 is 2.95 bits per heavy atom. The standard InChI is InChI=1S/C16H21N3O/c1-11-5-3-6-12(9-11)14-15(18-19(2)16(14)17)13-7-4-8-20-10-13/h3,5-6,9,13H,4,7-8,10,17H2,1-2H3. The van der Waals surface area contributed by atoms with Crippen molar-refractivity contribution < 1.29 is 4.74 Å². The van der Waals surface area contributed by atoms with Crippen molar-refractivity contribution in [3.63, 3.8) is 0 Å². The molecule has 3 rings (SSSR count). The Balaban J connectivity index is 2.09. The highest BCUT2D eigenvalue weighted by Gasteiger charge is 2.25. The lowest BCUT2D eigenvalue weighted by atomic mass is 9.92. The zero-order valence-electron chi connectivity index (χ0n) is 12.1. The van der Waals surface area contributed by atoms with Crippen LogP contribution in [-0.2, 0) is 11.8 Å². The van der Waals surface area contributed by atoms with Gasteiger partial charge in [-0.25, -0.2) is 0 Å². The summed E-state index contributed by atoms with van der Waals surface area (Å²) in [6.07, 6.45) is 2.21. The molecule has 2 heterocycles. The molecule has 1 saturated heterocycles. The highest BCUT2D eigenvalue weighted by molar-refractivity contribution is 5.77. The predicted molar refractivity (Wildman–Crippen MR) is 80.6 cm³/mol. The molecule has 0 radical (unpaired) electrons. The lowest BCUT2D eigenvalue weighted by Gasteiger charge is -2.21. The number of nitrogens with zero attached hydrogens (tertiary/aromatic N) is 2. The van der Waals surface area contributed by atoms with Crippen LogP contribution in [0.4, 0.5) is 5.82 Å². The van der Waals surface area contributed by atoms with Crippen LogP contribution < -0.4 is 5.73 Å². The fraction of sp³-hybridized carbons (Fsp3) is 0.438. The first-order valence-electron chi connectivity index (χ1n) is 7.14. The van der Waals surface area contributed by atoms with Crippen LogP contribution in [0.3, 0.4) is 0 Å². The summed E-state index contributed by atoms with van der Waals surface area (Å²) in [5.41, 5.74) is 10.8. The van der Waals surface area contributed by atoms with Gasteiger partial charge < -0.3 is 10.5 Å². The lowest BCUT2D eigenvalue weighted by molar-refractivity contribution is 0.0793. The Kier molecular flexibility index (Phi) is 3.49. The highest BCUT2D eigenvalue weighted by atomic mass is 16.5. The fourth-order valence-corrected chi connectivity index (χ4v) is 2.90. The summed E-state index contributed by atoms with van der Waals surface area (Å²) in [6, 6.07) is 8.44. The van der Waals surface area contributed by atoms with Gasteiger partial charge in [0, 0.05) is 25.1 Å². The number of aryl methyl sites for hydroxylation is 2. The van der Waals surface area contributed by atoms with E-state index < -0.39 is 0 Å². The van der Waals surface area contributed by atoms with Crippen molar-refractivity contribution in [2.24, 2.45) is 7.05 Å². The van der Waals surface area contributed by atoms with E-state index in [-0.39, 0.29) is 0 Å². The molecule has 1 aliphatic heterocycles. The third-order valence-corrected chi connectivity index (χ3v) is 3.97. The lowest BCUT2D eigenvalue weighted by Crippen LogP contribution is -2.16. The molecule has 106 valence electrons. The fourth-order valence-electron chi connectivity index (χ4n) is 2.90. The Hall–Kier alpha value is -1.81. The zero-order chi connectivity index (χ0) is 14.1. The van der Waals surface area contributed by atoms with Crippen molar-refractivity contribution in [1.29, 1.82) is 0 Å². The van der Waals surface area contributed by atoms with Gasteiger partial charge >= 0.3 is 0 Å². The second-order valence-electron chi connectivity index (χ2n) is 5.55. The van der Waals surface area contributed by atoms with E-state index in [1.165, 1.54) is 5.56 Å². The molecule has 0 spiro atoms. The number of hydrogen-bond acceptors (Lipinski definition) is 3. The Labute approximate surface area is 119 Å². The molecule has 4 nitrogen and oxygen atoms in total. The van der Waals surface area contributed by atoms with Gasteiger partial charge in [-0.1, -0.05) is 29.8 Å². The molecule has 1 aromatic carbocycles. The highest BCUT2D eigenvalue weighted by Crippen LogP contribution is 2.36. The van der Waals surface area contributed by atoms with Crippen LogP contribution in [0, 0.1) is 6.92 Å². The molecular weight excluding hydrogens is 250 g/mol. The van der Waals surface area contributed by atoms with E-state index in [9.17, 15) is 0 Å². The largest absolute Gasteiger partial charge is 0.383 e. The van der Waals surface area contributed by atoms with Crippen molar-refractivity contribution >= 4 is 5.82 Å². The van der Waals surface area contributed by atoms with Gasteiger partial charge in [0.15, 0.2) is 0 Å². The van der Waals surface area contributed by atoms with E-state index in [2.05, 4.69) is 36.3 Å². The second kappa shape index (κ2) is 5.29. The minimum Gasteiger partial charge on any atom is -0.383 e. The summed E-state index contributed by atoms with van der Waals surface area (Å²) < 4.78 is 7.39. The third kappa shape index (κ3) is 2.31. The van der Waals surface area contributed by atoms with Gasteiger partial charge in [-0.05, 0) is 25.3 Å². The van der Waals surface area contributed by atoms with Gasteiger partial charge in [0.05, 0.1) is 12.3 Å². The average Bonchev–Trinajstić information content (AvgIpc) is 2.76. The Bertz CT molecular complexity index is 612. The SMILES string of the molecule is Cc1cccc(-c2c(C3CCCOC3)nn(C)c2N)c1. The van der Waals surface area contributed by atoms with Crippen molar-refractivity contribution in [3.05, 3.63) is 35.5 Å². The second-order valence-corrected chi connectivity index (χ2v) is 5.55. The van der Waals surface area contributed by atoms with Crippen LogP contribution in [0.25, 0.3) is 11.1 Å². The average molecular weight is 271 g/mol. The topological polar surface area (TPSA) is 53.1 Å². The number of benzene rings is 1. The molecule has 1 aromatic heterocycles. The molecule has 0 bridgehead atoms. The van der Waals surface area contributed by atoms with Gasteiger partial charge in [0.2, 0.25) is 0 Å². The van der Waals surface area contributed by atoms with E-state index >= 15 is 0 Å². The predicted octanol–water partition coefficient (Wildman–Crippen LogP) is 2.87. The molecule has 2 aromatic rings. The van der Waals surface area contributed by atoms with Crippen LogP contribution >= 0.6 is 0 Å². The zero-order valence-corrected chi connectivity index (χ0v) is 12.1. The van der Waals surface area contributed by atoms with E-state index in [1.807, 2.05) is 7.05 Å². The quantitative estimate of drug-likeness (QED) is 0.913. The number of nitrogens with two attached hydrogens (primary N) is 1. The van der Waals surface area contributed by atoms with E-state index in [0.717, 1.165) is 48.7 Å². The number of ether oxygens (including phenoxy) is 1. The van der Waals surface area contributed by atoms with Crippen molar-refractivity contribution in [1.82, 2.24) is 9.78 Å². The number of rotatable bonds is 2. The first-order valence-corrected chi connectivity index (χ1v) is 7.14. The normalized spacial score (nSPS) is 19.2. The summed E-state index contributed by atoms with van der Waals surface area (Å²) in [7, 11) is 1.90. The first-order chi connectivity index (χ1) is 9.66. The van der Waals surface area contributed by atoms with Gasteiger partial charge in [-0.2, -0.15) is 5.10 Å². The van der Waals surface area contributed by atoms with Crippen molar-refractivity contribution in [2.75, 3.05) is 18.9 Å². The first kappa shape index (κ1) is 13.2.